The van der Waals surface area contributed by atoms with Crippen LogP contribution in [0.4, 0.5) is 0 Å². The molecule has 0 aliphatic carbocycles. The molecule has 0 radical (unpaired) electrons. The van der Waals surface area contributed by atoms with E-state index in [1.165, 1.54) is 13.8 Å². The Balaban J connectivity index is 2.27. The van der Waals surface area contributed by atoms with Crippen LogP contribution in [0.25, 0.3) is 0 Å². The standard InChI is InChI=1S/C19H27N4O10P/c1-10(2)31-16(26)11(3)22-34(28,29)30-8-13-15(32-12(4)24)19(5,9-20)17(33-13)23-7-6-14(25)21-18(23)27/h6-7,10-11,13,15,17H,8H2,1-5H3,(H,21,25,27)(H2,22,28,29)/t11-,13+,15+,17+,19+/m0/s1. The second-order valence-electron chi connectivity index (χ2n) is 8.12. The fourth-order valence-electron chi connectivity index (χ4n) is 3.34. The monoisotopic (exact) mass is 502 g/mol. The fourth-order valence-corrected chi connectivity index (χ4v) is 4.36. The molecule has 1 aliphatic heterocycles. The predicted molar refractivity (Wildman–Crippen MR) is 114 cm³/mol. The van der Waals surface area contributed by atoms with Crippen molar-refractivity contribution in [3.8, 4) is 6.07 Å². The van der Waals surface area contributed by atoms with Crippen LogP contribution in [0.1, 0.15) is 40.8 Å². The van der Waals surface area contributed by atoms with Crippen molar-refractivity contribution in [2.45, 2.75) is 65.2 Å². The topological polar surface area (TPSA) is 199 Å². The lowest BCUT2D eigenvalue weighted by atomic mass is 9.83. The first-order valence-electron chi connectivity index (χ1n) is 10.2. The van der Waals surface area contributed by atoms with Gasteiger partial charge in [-0.3, -0.25) is 28.5 Å². The van der Waals surface area contributed by atoms with E-state index >= 15 is 0 Å². The smallest absolute Gasteiger partial charge is 0.403 e. The Morgan fingerprint density at radius 1 is 1.41 bits per heavy atom. The lowest BCUT2D eigenvalue weighted by molar-refractivity contribution is -0.153. The summed E-state index contributed by atoms with van der Waals surface area (Å²) in [6, 6.07) is 1.81. The van der Waals surface area contributed by atoms with Crippen LogP contribution < -0.4 is 16.3 Å². The summed E-state index contributed by atoms with van der Waals surface area (Å²) in [6.45, 7) is 6.33. The van der Waals surface area contributed by atoms with Gasteiger partial charge in [-0.1, -0.05) is 0 Å². The second-order valence-corrected chi connectivity index (χ2v) is 9.68. The molecule has 1 saturated heterocycles. The van der Waals surface area contributed by atoms with Crippen molar-refractivity contribution >= 4 is 19.7 Å². The highest BCUT2D eigenvalue weighted by Gasteiger charge is 2.58. The summed E-state index contributed by atoms with van der Waals surface area (Å²) in [5.74, 6) is -1.55. The van der Waals surface area contributed by atoms with Gasteiger partial charge in [0.1, 0.15) is 17.6 Å². The molecule has 0 bridgehead atoms. The van der Waals surface area contributed by atoms with Crippen LogP contribution in [0.5, 0.6) is 0 Å². The maximum absolute atomic E-state index is 12.5. The summed E-state index contributed by atoms with van der Waals surface area (Å²) in [4.78, 5) is 59.5. The Hall–Kier alpha value is -2.82. The number of rotatable bonds is 9. The molecule has 0 saturated carbocycles. The maximum atomic E-state index is 12.5. The third-order valence-corrected chi connectivity index (χ3v) is 6.07. The number of aromatic nitrogens is 2. The third kappa shape index (κ3) is 6.40. The summed E-state index contributed by atoms with van der Waals surface area (Å²) in [5.41, 5.74) is -3.20. The molecule has 14 nitrogen and oxygen atoms in total. The number of esters is 2. The molecular formula is C19H27N4O10P. The van der Waals surface area contributed by atoms with E-state index in [1.807, 2.05) is 11.1 Å². The third-order valence-electron chi connectivity index (χ3n) is 4.86. The van der Waals surface area contributed by atoms with Crippen LogP contribution >= 0.6 is 7.75 Å². The zero-order valence-electron chi connectivity index (χ0n) is 19.2. The average molecular weight is 502 g/mol. The van der Waals surface area contributed by atoms with E-state index in [4.69, 9.17) is 18.7 Å². The zero-order chi connectivity index (χ0) is 25.8. The van der Waals surface area contributed by atoms with Crippen molar-refractivity contribution in [2.75, 3.05) is 6.61 Å². The van der Waals surface area contributed by atoms with Crippen molar-refractivity contribution in [1.82, 2.24) is 14.6 Å². The van der Waals surface area contributed by atoms with Crippen molar-refractivity contribution in [3.05, 3.63) is 33.1 Å². The Bertz CT molecular complexity index is 1130. The molecule has 2 rings (SSSR count). The molecule has 34 heavy (non-hydrogen) atoms. The number of H-pyrrole nitrogens is 1. The average Bonchev–Trinajstić information content (AvgIpc) is 2.97. The SMILES string of the molecule is CC(=O)O[C@@H]1[C@@H](COP(=O)(O)N[C@@H](C)C(=O)OC(C)C)O[C@@H](n2ccc(=O)[nH]c2=O)[C@]1(C)C#N. The van der Waals surface area contributed by atoms with Crippen LogP contribution in [0.15, 0.2) is 21.9 Å². The Kier molecular flexibility index (Phi) is 8.57. The van der Waals surface area contributed by atoms with E-state index < -0.39 is 73.5 Å². The number of ether oxygens (including phenoxy) is 3. The molecule has 188 valence electrons. The summed E-state index contributed by atoms with van der Waals surface area (Å²) in [5, 5.41) is 12.0. The van der Waals surface area contributed by atoms with Gasteiger partial charge < -0.3 is 19.1 Å². The summed E-state index contributed by atoms with van der Waals surface area (Å²) < 4.78 is 34.4. The number of hydrogen-bond donors (Lipinski definition) is 3. The van der Waals surface area contributed by atoms with Gasteiger partial charge >= 0.3 is 25.4 Å². The van der Waals surface area contributed by atoms with Gasteiger partial charge in [0.2, 0.25) is 0 Å². The largest absolute Gasteiger partial charge is 0.462 e. The van der Waals surface area contributed by atoms with Crippen molar-refractivity contribution < 1.29 is 37.8 Å². The molecule has 6 atom stereocenters. The molecule has 1 fully saturated rings. The molecule has 0 amide bonds. The molecule has 1 aromatic rings. The molecule has 0 spiro atoms. The number of carbonyl (C=O) groups excluding carboxylic acids is 2. The molecule has 2 heterocycles. The van der Waals surface area contributed by atoms with Crippen LogP contribution in [0, 0.1) is 16.7 Å². The van der Waals surface area contributed by atoms with E-state index in [-0.39, 0.29) is 0 Å². The van der Waals surface area contributed by atoms with Crippen LogP contribution in [0.2, 0.25) is 0 Å². The number of hydrogen-bond acceptors (Lipinski definition) is 10. The van der Waals surface area contributed by atoms with E-state index in [1.54, 1.807) is 13.8 Å². The van der Waals surface area contributed by atoms with Crippen molar-refractivity contribution in [2.24, 2.45) is 5.41 Å². The molecule has 1 aliphatic rings. The van der Waals surface area contributed by atoms with Crippen LogP contribution in [-0.4, -0.2) is 57.3 Å². The van der Waals surface area contributed by atoms with Gasteiger partial charge in [-0.15, -0.1) is 0 Å². The van der Waals surface area contributed by atoms with E-state index in [0.717, 1.165) is 23.8 Å². The lowest BCUT2D eigenvalue weighted by Gasteiger charge is -2.28. The van der Waals surface area contributed by atoms with Gasteiger partial charge in [-0.05, 0) is 27.7 Å². The van der Waals surface area contributed by atoms with Crippen LogP contribution in [0.3, 0.4) is 0 Å². The van der Waals surface area contributed by atoms with Crippen LogP contribution in [-0.2, 0) is 32.9 Å². The molecule has 1 aromatic heterocycles. The van der Waals surface area contributed by atoms with Gasteiger partial charge in [-0.25, -0.2) is 14.4 Å². The second kappa shape index (κ2) is 10.6. The Morgan fingerprint density at radius 3 is 2.59 bits per heavy atom. The first kappa shape index (κ1) is 27.4. The lowest BCUT2D eigenvalue weighted by Crippen LogP contribution is -2.43. The Morgan fingerprint density at radius 2 is 2.06 bits per heavy atom. The Labute approximate surface area is 194 Å². The summed E-state index contributed by atoms with van der Waals surface area (Å²) >= 11 is 0. The maximum Gasteiger partial charge on any atom is 0.403 e. The summed E-state index contributed by atoms with van der Waals surface area (Å²) in [7, 11) is -4.59. The molecule has 0 aromatic carbocycles. The van der Waals surface area contributed by atoms with E-state index in [9.17, 15) is 33.9 Å². The van der Waals surface area contributed by atoms with Gasteiger partial charge in [-0.2, -0.15) is 5.26 Å². The predicted octanol–water partition coefficient (Wildman–Crippen LogP) is -0.0577. The fraction of sp³-hybridized carbons (Fsp3) is 0.632. The van der Waals surface area contributed by atoms with Gasteiger partial charge in [0.25, 0.3) is 5.56 Å². The molecule has 15 heteroatoms. The number of nitrogens with zero attached hydrogens (tertiary/aromatic N) is 2. The highest BCUT2D eigenvalue weighted by atomic mass is 31.2. The van der Waals surface area contributed by atoms with Gasteiger partial charge in [0, 0.05) is 19.2 Å². The van der Waals surface area contributed by atoms with E-state index in [2.05, 4.69) is 5.09 Å². The number of nitriles is 1. The highest BCUT2D eigenvalue weighted by molar-refractivity contribution is 7.50. The minimum Gasteiger partial charge on any atom is -0.462 e. The van der Waals surface area contributed by atoms with E-state index in [0.29, 0.717) is 0 Å². The minimum atomic E-state index is -4.59. The zero-order valence-corrected chi connectivity index (χ0v) is 20.1. The molecular weight excluding hydrogens is 475 g/mol. The number of carbonyl (C=O) groups is 2. The summed E-state index contributed by atoms with van der Waals surface area (Å²) in [6.07, 6.45) is -3.26. The minimum absolute atomic E-state index is 0.441. The molecule has 3 N–H and O–H groups in total. The first-order chi connectivity index (χ1) is 15.7. The number of aromatic amines is 1. The van der Waals surface area contributed by atoms with Crippen molar-refractivity contribution in [3.63, 3.8) is 0 Å². The normalized spacial score (nSPS) is 26.9. The molecule has 1 unspecified atom stereocenters. The first-order valence-corrected chi connectivity index (χ1v) is 11.8. The highest BCUT2D eigenvalue weighted by Crippen LogP contribution is 2.47. The van der Waals surface area contributed by atoms with Gasteiger partial charge in [0.05, 0.1) is 18.8 Å². The quantitative estimate of drug-likeness (QED) is 0.301. The van der Waals surface area contributed by atoms with Crippen molar-refractivity contribution in [1.29, 1.82) is 5.26 Å². The number of nitrogens with one attached hydrogen (secondary N) is 2. The van der Waals surface area contributed by atoms with Gasteiger partial charge in [0.15, 0.2) is 12.3 Å².